The molecule has 1 aliphatic rings. The van der Waals surface area contributed by atoms with Crippen LogP contribution in [0.15, 0.2) is 72.9 Å². The van der Waals surface area contributed by atoms with Gasteiger partial charge in [-0.25, -0.2) is 0 Å². The molecule has 38 heavy (non-hydrogen) atoms. The lowest BCUT2D eigenvalue weighted by Crippen LogP contribution is -2.48. The van der Waals surface area contributed by atoms with Gasteiger partial charge in [0.15, 0.2) is 5.88 Å². The van der Waals surface area contributed by atoms with Gasteiger partial charge in [-0.2, -0.15) is 0 Å². The SMILES string of the molecule is Cc1cc(C(=O)N2CCN(Cc3ccccc3)CC2)cc2cn(Cc3ccc(OC(F)(F)F)cc3)c(O)c12. The molecule has 4 aromatic rings. The molecule has 1 N–H and O–H groups in total. The molecule has 0 atom stereocenters. The number of rotatable bonds is 6. The first-order chi connectivity index (χ1) is 18.2. The third kappa shape index (κ3) is 5.78. The number of hydrogen-bond acceptors (Lipinski definition) is 4. The number of piperazine rings is 1. The molecular formula is C29H28F3N3O3. The summed E-state index contributed by atoms with van der Waals surface area (Å²) in [6.45, 7) is 5.84. The van der Waals surface area contributed by atoms with Crippen molar-refractivity contribution in [2.24, 2.45) is 0 Å². The van der Waals surface area contributed by atoms with E-state index in [4.69, 9.17) is 0 Å². The molecule has 1 fully saturated rings. The normalized spacial score (nSPS) is 14.7. The van der Waals surface area contributed by atoms with E-state index in [-0.39, 0.29) is 24.1 Å². The minimum Gasteiger partial charge on any atom is -0.494 e. The number of ether oxygens (including phenoxy) is 1. The fourth-order valence-corrected chi connectivity index (χ4v) is 4.96. The van der Waals surface area contributed by atoms with Crippen LogP contribution in [0.4, 0.5) is 13.2 Å². The summed E-state index contributed by atoms with van der Waals surface area (Å²) in [5.74, 6) is -0.300. The Morgan fingerprint density at radius 2 is 1.58 bits per heavy atom. The molecule has 1 amide bonds. The molecule has 0 spiro atoms. The number of hydrogen-bond donors (Lipinski definition) is 1. The molecule has 0 unspecified atom stereocenters. The smallest absolute Gasteiger partial charge is 0.494 e. The maximum absolute atomic E-state index is 13.3. The lowest BCUT2D eigenvalue weighted by atomic mass is 10.0. The standard InChI is InChI=1S/C29H28F3N3O3/c1-20-15-23(27(36)34-13-11-33(12-14-34)17-21-5-3-2-4-6-21)16-24-19-35(28(37)26(20)24)18-22-7-9-25(10-8-22)38-29(30,31)32/h2-10,15-16,19,37H,11-14,17-18H2,1H3. The number of alkyl halides is 3. The van der Waals surface area contributed by atoms with Gasteiger partial charge in [0, 0.05) is 55.3 Å². The molecule has 1 aromatic heterocycles. The van der Waals surface area contributed by atoms with E-state index in [2.05, 4.69) is 21.8 Å². The van der Waals surface area contributed by atoms with Crippen molar-refractivity contribution < 1.29 is 27.8 Å². The third-order valence-electron chi connectivity index (χ3n) is 6.82. The molecule has 2 heterocycles. The van der Waals surface area contributed by atoms with Crippen molar-refractivity contribution in [3.63, 3.8) is 0 Å². The Morgan fingerprint density at radius 1 is 0.921 bits per heavy atom. The minimum absolute atomic E-state index is 0.0399. The van der Waals surface area contributed by atoms with E-state index in [0.29, 0.717) is 29.6 Å². The van der Waals surface area contributed by atoms with Crippen LogP contribution in [0.5, 0.6) is 11.6 Å². The number of fused-ring (bicyclic) bond motifs is 1. The van der Waals surface area contributed by atoms with E-state index in [1.54, 1.807) is 22.9 Å². The van der Waals surface area contributed by atoms with Crippen molar-refractivity contribution in [3.8, 4) is 11.6 Å². The Morgan fingerprint density at radius 3 is 2.24 bits per heavy atom. The van der Waals surface area contributed by atoms with Gasteiger partial charge in [0.2, 0.25) is 0 Å². The monoisotopic (exact) mass is 523 g/mol. The van der Waals surface area contributed by atoms with E-state index in [0.717, 1.165) is 30.6 Å². The number of nitrogens with zero attached hydrogens (tertiary/aromatic N) is 3. The second kappa shape index (κ2) is 10.4. The molecule has 1 aliphatic heterocycles. The molecule has 0 aliphatic carbocycles. The lowest BCUT2D eigenvalue weighted by Gasteiger charge is -2.34. The van der Waals surface area contributed by atoms with Crippen LogP contribution >= 0.6 is 0 Å². The van der Waals surface area contributed by atoms with Crippen LogP contribution in [0.3, 0.4) is 0 Å². The number of halogens is 3. The lowest BCUT2D eigenvalue weighted by molar-refractivity contribution is -0.274. The first kappa shape index (κ1) is 25.7. The van der Waals surface area contributed by atoms with E-state index in [1.807, 2.05) is 30.0 Å². The maximum atomic E-state index is 13.3. The average molecular weight is 524 g/mol. The molecule has 6 nitrogen and oxygen atoms in total. The van der Waals surface area contributed by atoms with Gasteiger partial charge in [-0.1, -0.05) is 42.5 Å². The first-order valence-corrected chi connectivity index (χ1v) is 12.4. The number of amides is 1. The van der Waals surface area contributed by atoms with Gasteiger partial charge in [0.1, 0.15) is 5.75 Å². The minimum atomic E-state index is -4.75. The van der Waals surface area contributed by atoms with E-state index < -0.39 is 6.36 Å². The van der Waals surface area contributed by atoms with Gasteiger partial charge in [0.25, 0.3) is 5.91 Å². The number of aryl methyl sites for hydroxylation is 1. The van der Waals surface area contributed by atoms with E-state index in [1.165, 1.54) is 29.8 Å². The second-order valence-electron chi connectivity index (χ2n) is 9.58. The van der Waals surface area contributed by atoms with Crippen LogP contribution in [0.2, 0.25) is 0 Å². The third-order valence-corrected chi connectivity index (χ3v) is 6.82. The summed E-state index contributed by atoms with van der Waals surface area (Å²) in [6.07, 6.45) is -2.99. The average Bonchev–Trinajstić information content (AvgIpc) is 3.20. The fraction of sp³-hybridized carbons (Fsp3) is 0.276. The Labute approximate surface area is 218 Å². The van der Waals surface area contributed by atoms with Crippen LogP contribution < -0.4 is 4.74 Å². The highest BCUT2D eigenvalue weighted by atomic mass is 19.4. The Hall–Kier alpha value is -3.98. The maximum Gasteiger partial charge on any atom is 0.573 e. The van der Waals surface area contributed by atoms with Gasteiger partial charge < -0.3 is 19.3 Å². The molecular weight excluding hydrogens is 495 g/mol. The molecule has 9 heteroatoms. The van der Waals surface area contributed by atoms with Crippen LogP contribution in [0, 0.1) is 6.92 Å². The van der Waals surface area contributed by atoms with E-state index >= 15 is 0 Å². The van der Waals surface area contributed by atoms with E-state index in [9.17, 15) is 23.1 Å². The summed E-state index contributed by atoms with van der Waals surface area (Å²) in [6, 6.07) is 19.4. The predicted octanol–water partition coefficient (Wildman–Crippen LogP) is 5.56. The van der Waals surface area contributed by atoms with Crippen molar-refractivity contribution in [2.75, 3.05) is 26.2 Å². The Balaban J connectivity index is 1.28. The summed E-state index contributed by atoms with van der Waals surface area (Å²) in [4.78, 5) is 17.5. The second-order valence-corrected chi connectivity index (χ2v) is 9.58. The summed E-state index contributed by atoms with van der Waals surface area (Å²) < 4.78 is 42.8. The number of aromatic hydroxyl groups is 1. The van der Waals surface area contributed by atoms with Crippen LogP contribution in [-0.4, -0.2) is 57.9 Å². The van der Waals surface area contributed by atoms with Gasteiger partial charge in [-0.15, -0.1) is 13.2 Å². The largest absolute Gasteiger partial charge is 0.573 e. The zero-order chi connectivity index (χ0) is 26.9. The Bertz CT molecular complexity index is 1420. The quantitative estimate of drug-likeness (QED) is 0.360. The fourth-order valence-electron chi connectivity index (χ4n) is 4.96. The molecule has 0 bridgehead atoms. The van der Waals surface area contributed by atoms with Gasteiger partial charge in [-0.05, 0) is 47.9 Å². The highest BCUT2D eigenvalue weighted by Crippen LogP contribution is 2.33. The molecule has 198 valence electrons. The van der Waals surface area contributed by atoms with Crippen LogP contribution in [0.25, 0.3) is 10.8 Å². The zero-order valence-corrected chi connectivity index (χ0v) is 20.9. The van der Waals surface area contributed by atoms with Gasteiger partial charge in [-0.3, -0.25) is 9.69 Å². The number of carbonyl (C=O) groups excluding carboxylic acids is 1. The summed E-state index contributed by atoms with van der Waals surface area (Å²) >= 11 is 0. The number of carbonyl (C=O) groups is 1. The highest BCUT2D eigenvalue weighted by molar-refractivity contribution is 6.01. The molecule has 3 aromatic carbocycles. The number of aromatic nitrogens is 1. The van der Waals surface area contributed by atoms with Crippen molar-refractivity contribution in [3.05, 3.63) is 95.2 Å². The van der Waals surface area contributed by atoms with Crippen molar-refractivity contribution in [1.29, 1.82) is 0 Å². The first-order valence-electron chi connectivity index (χ1n) is 12.4. The van der Waals surface area contributed by atoms with Crippen molar-refractivity contribution in [1.82, 2.24) is 14.4 Å². The van der Waals surface area contributed by atoms with Gasteiger partial charge >= 0.3 is 6.36 Å². The van der Waals surface area contributed by atoms with Crippen molar-refractivity contribution >= 4 is 16.7 Å². The van der Waals surface area contributed by atoms with Crippen molar-refractivity contribution in [2.45, 2.75) is 26.4 Å². The zero-order valence-electron chi connectivity index (χ0n) is 20.9. The molecule has 0 radical (unpaired) electrons. The van der Waals surface area contributed by atoms with Crippen LogP contribution in [0.1, 0.15) is 27.0 Å². The topological polar surface area (TPSA) is 57.9 Å². The van der Waals surface area contributed by atoms with Crippen LogP contribution in [-0.2, 0) is 13.1 Å². The number of benzene rings is 3. The highest BCUT2D eigenvalue weighted by Gasteiger charge is 2.31. The van der Waals surface area contributed by atoms with Gasteiger partial charge in [0.05, 0.1) is 6.54 Å². The molecule has 1 saturated heterocycles. The summed E-state index contributed by atoms with van der Waals surface area (Å²) in [5.41, 5.74) is 3.29. The Kier molecular flexibility index (Phi) is 7.03. The predicted molar refractivity (Wildman–Crippen MR) is 138 cm³/mol. The molecule has 0 saturated carbocycles. The summed E-state index contributed by atoms with van der Waals surface area (Å²) in [5, 5.41) is 12.2. The molecule has 5 rings (SSSR count). The summed E-state index contributed by atoms with van der Waals surface area (Å²) in [7, 11) is 0.